The minimum atomic E-state index is 0.0449. The molecule has 5 rings (SSSR count). The molecular formula is C26H24N4O3S. The molecule has 0 radical (unpaired) electrons. The number of hydrogen-bond acceptors (Lipinski definition) is 6. The van der Waals surface area contributed by atoms with Crippen LogP contribution in [0.3, 0.4) is 0 Å². The fourth-order valence-corrected chi connectivity index (χ4v) is 5.17. The van der Waals surface area contributed by atoms with Crippen LogP contribution in [0.1, 0.15) is 23.7 Å². The molecule has 8 heteroatoms. The zero-order valence-corrected chi connectivity index (χ0v) is 19.7. The summed E-state index contributed by atoms with van der Waals surface area (Å²) < 4.78 is 15.5. The third-order valence-corrected chi connectivity index (χ3v) is 6.85. The Labute approximate surface area is 201 Å². The van der Waals surface area contributed by atoms with E-state index in [1.54, 1.807) is 0 Å². The largest absolute Gasteiger partial charge is 0.486 e. The Morgan fingerprint density at radius 3 is 2.82 bits per heavy atom. The van der Waals surface area contributed by atoms with Crippen molar-refractivity contribution in [1.29, 1.82) is 5.26 Å². The summed E-state index contributed by atoms with van der Waals surface area (Å²) in [5.74, 6) is 1.82. The molecule has 4 aromatic rings. The summed E-state index contributed by atoms with van der Waals surface area (Å²) in [6.45, 7) is 4.47. The van der Waals surface area contributed by atoms with E-state index in [2.05, 4.69) is 22.5 Å². The second-order valence-electron chi connectivity index (χ2n) is 7.90. The molecule has 0 spiro atoms. The van der Waals surface area contributed by atoms with Crippen LogP contribution < -0.4 is 9.47 Å². The minimum absolute atomic E-state index is 0.0449. The molecule has 34 heavy (non-hydrogen) atoms. The molecule has 0 bridgehead atoms. The first-order valence-corrected chi connectivity index (χ1v) is 12.2. The highest BCUT2D eigenvalue weighted by molar-refractivity contribution is 7.99. The fourth-order valence-electron chi connectivity index (χ4n) is 4.24. The van der Waals surface area contributed by atoms with Crippen LogP contribution in [0.5, 0.6) is 11.5 Å². The lowest BCUT2D eigenvalue weighted by molar-refractivity contribution is 0.102. The number of carbonyl (C=O) groups excluding carboxylic acids is 1. The van der Waals surface area contributed by atoms with Crippen LogP contribution in [-0.2, 0) is 13.1 Å². The standard InChI is InChI=1S/C26H24N4O3S/c1-2-30-22(18-8-9-24-25(14-18)33-13-12-32-24)15-28-26(30)34-17-23(31)20-16-29(11-5-10-27)21-7-4-3-6-19(20)21/h3-4,6-9,14-16H,2,5,11-13,17H2,1H3. The van der Waals surface area contributed by atoms with Gasteiger partial charge in [0.25, 0.3) is 0 Å². The Morgan fingerprint density at radius 1 is 1.18 bits per heavy atom. The topological polar surface area (TPSA) is 82.1 Å². The van der Waals surface area contributed by atoms with Crippen molar-refractivity contribution < 1.29 is 14.3 Å². The smallest absolute Gasteiger partial charge is 0.175 e. The lowest BCUT2D eigenvalue weighted by Crippen LogP contribution is -2.15. The van der Waals surface area contributed by atoms with Gasteiger partial charge in [-0.05, 0) is 31.2 Å². The minimum Gasteiger partial charge on any atom is -0.486 e. The number of aromatic nitrogens is 3. The van der Waals surface area contributed by atoms with Crippen LogP contribution in [-0.4, -0.2) is 38.9 Å². The Morgan fingerprint density at radius 2 is 2.00 bits per heavy atom. The molecule has 1 aliphatic rings. The van der Waals surface area contributed by atoms with Crippen molar-refractivity contribution in [3.63, 3.8) is 0 Å². The quantitative estimate of drug-likeness (QED) is 0.259. The van der Waals surface area contributed by atoms with E-state index in [0.717, 1.165) is 45.4 Å². The SMILES string of the molecule is CCn1c(-c2ccc3c(c2)OCCO3)cnc1SCC(=O)c1cn(CCC#N)c2ccccc12. The zero-order valence-electron chi connectivity index (χ0n) is 18.9. The van der Waals surface area contributed by atoms with Gasteiger partial charge in [0.05, 0.1) is 30.1 Å². The van der Waals surface area contributed by atoms with Crippen molar-refractivity contribution in [2.24, 2.45) is 0 Å². The highest BCUT2D eigenvalue weighted by Gasteiger charge is 2.19. The van der Waals surface area contributed by atoms with Crippen molar-refractivity contribution >= 4 is 28.4 Å². The predicted octanol–water partition coefficient (Wildman–Crippen LogP) is 5.18. The van der Waals surface area contributed by atoms with Crippen molar-refractivity contribution in [3.05, 3.63) is 60.4 Å². The number of aryl methyl sites for hydroxylation is 1. The molecule has 172 valence electrons. The van der Waals surface area contributed by atoms with E-state index < -0.39 is 0 Å². The first-order valence-electron chi connectivity index (χ1n) is 11.3. The van der Waals surface area contributed by atoms with Gasteiger partial charge in [-0.2, -0.15) is 5.26 Å². The molecule has 0 saturated carbocycles. The van der Waals surface area contributed by atoms with Gasteiger partial charge in [0.15, 0.2) is 22.4 Å². The fraction of sp³-hybridized carbons (Fsp3) is 0.269. The summed E-state index contributed by atoms with van der Waals surface area (Å²) in [6, 6.07) is 15.9. The van der Waals surface area contributed by atoms with Crippen molar-refractivity contribution in [2.45, 2.75) is 31.6 Å². The number of carbonyl (C=O) groups is 1. The Balaban J connectivity index is 1.37. The van der Waals surface area contributed by atoms with Crippen LogP contribution in [0.25, 0.3) is 22.2 Å². The zero-order chi connectivity index (χ0) is 23.5. The van der Waals surface area contributed by atoms with Crippen LogP contribution in [0, 0.1) is 11.3 Å². The maximum atomic E-state index is 13.2. The molecule has 0 atom stereocenters. The highest BCUT2D eigenvalue weighted by atomic mass is 32.2. The van der Waals surface area contributed by atoms with E-state index in [9.17, 15) is 4.79 Å². The predicted molar refractivity (Wildman–Crippen MR) is 132 cm³/mol. The van der Waals surface area contributed by atoms with Crippen LogP contribution in [0.15, 0.2) is 60.0 Å². The molecule has 0 amide bonds. The number of benzene rings is 2. The number of imidazole rings is 1. The van der Waals surface area contributed by atoms with Crippen molar-refractivity contribution in [1.82, 2.24) is 14.1 Å². The average molecular weight is 473 g/mol. The summed E-state index contributed by atoms with van der Waals surface area (Å²) in [5.41, 5.74) is 3.63. The van der Waals surface area contributed by atoms with Crippen molar-refractivity contribution in [3.8, 4) is 28.8 Å². The number of ketones is 1. The van der Waals surface area contributed by atoms with Gasteiger partial charge in [-0.1, -0.05) is 30.0 Å². The van der Waals surface area contributed by atoms with Crippen LogP contribution in [0.2, 0.25) is 0 Å². The molecule has 2 aromatic heterocycles. The molecular weight excluding hydrogens is 448 g/mol. The number of nitriles is 1. The highest BCUT2D eigenvalue weighted by Crippen LogP contribution is 2.36. The Kier molecular flexibility index (Phi) is 6.28. The summed E-state index contributed by atoms with van der Waals surface area (Å²) >= 11 is 1.44. The first kappa shape index (κ1) is 22.1. The van der Waals surface area contributed by atoms with Crippen LogP contribution in [0.4, 0.5) is 0 Å². The lowest BCUT2D eigenvalue weighted by atomic mass is 10.1. The molecule has 1 aliphatic heterocycles. The number of hydrogen-bond donors (Lipinski definition) is 0. The molecule has 0 N–H and O–H groups in total. The van der Waals surface area contributed by atoms with E-state index in [4.69, 9.17) is 14.7 Å². The van der Waals surface area contributed by atoms with E-state index in [0.29, 0.717) is 31.7 Å². The first-order chi connectivity index (χ1) is 16.7. The third-order valence-electron chi connectivity index (χ3n) is 5.86. The normalized spacial score (nSPS) is 12.6. The number of fused-ring (bicyclic) bond motifs is 2. The number of rotatable bonds is 8. The van der Waals surface area contributed by atoms with Gasteiger partial charge in [-0.3, -0.25) is 4.79 Å². The Bertz CT molecular complexity index is 1400. The Hall–Kier alpha value is -3.70. The van der Waals surface area contributed by atoms with E-state index in [-0.39, 0.29) is 11.5 Å². The number of Topliss-reactive ketones (excluding diaryl/α,β-unsaturated/α-hetero) is 1. The van der Waals surface area contributed by atoms with E-state index in [1.807, 2.05) is 59.4 Å². The summed E-state index contributed by atoms with van der Waals surface area (Å²) in [6.07, 6.45) is 4.12. The van der Waals surface area contributed by atoms with Gasteiger partial charge >= 0.3 is 0 Å². The average Bonchev–Trinajstić information content (AvgIpc) is 3.47. The monoisotopic (exact) mass is 472 g/mol. The summed E-state index contributed by atoms with van der Waals surface area (Å²) in [5, 5.41) is 10.7. The van der Waals surface area contributed by atoms with Gasteiger partial charge in [-0.15, -0.1) is 0 Å². The van der Waals surface area contributed by atoms with Crippen LogP contribution >= 0.6 is 11.8 Å². The van der Waals surface area contributed by atoms with Gasteiger partial charge < -0.3 is 18.6 Å². The molecule has 2 aromatic carbocycles. The van der Waals surface area contributed by atoms with E-state index >= 15 is 0 Å². The molecule has 7 nitrogen and oxygen atoms in total. The molecule has 3 heterocycles. The summed E-state index contributed by atoms with van der Waals surface area (Å²) in [7, 11) is 0. The molecule has 0 saturated heterocycles. The van der Waals surface area contributed by atoms with Gasteiger partial charge in [0.1, 0.15) is 13.2 Å². The second kappa shape index (κ2) is 9.65. The third kappa shape index (κ3) is 4.15. The maximum Gasteiger partial charge on any atom is 0.175 e. The van der Waals surface area contributed by atoms with E-state index in [1.165, 1.54) is 11.8 Å². The molecule has 0 unspecified atom stereocenters. The number of ether oxygens (including phenoxy) is 2. The van der Waals surface area contributed by atoms with Gasteiger partial charge in [-0.25, -0.2) is 4.98 Å². The lowest BCUT2D eigenvalue weighted by Gasteiger charge is -2.19. The van der Waals surface area contributed by atoms with Gasteiger partial charge in [0.2, 0.25) is 0 Å². The number of nitrogens with zero attached hydrogens (tertiary/aromatic N) is 4. The summed E-state index contributed by atoms with van der Waals surface area (Å²) in [4.78, 5) is 17.8. The number of thioether (sulfide) groups is 1. The van der Waals surface area contributed by atoms with Crippen molar-refractivity contribution in [2.75, 3.05) is 19.0 Å². The van der Waals surface area contributed by atoms with Gasteiger partial charge in [0, 0.05) is 41.3 Å². The molecule has 0 fully saturated rings. The molecule has 0 aliphatic carbocycles. The number of para-hydroxylation sites is 1. The maximum absolute atomic E-state index is 13.2. The second-order valence-corrected chi connectivity index (χ2v) is 8.84.